The van der Waals surface area contributed by atoms with E-state index < -0.39 is 0 Å². The highest BCUT2D eigenvalue weighted by Gasteiger charge is 2.20. The van der Waals surface area contributed by atoms with Gasteiger partial charge >= 0.3 is 0 Å². The number of aryl methyl sites for hydroxylation is 1. The van der Waals surface area contributed by atoms with Gasteiger partial charge in [-0.15, -0.1) is 0 Å². The van der Waals surface area contributed by atoms with Gasteiger partial charge in [-0.1, -0.05) is 0 Å². The molecule has 1 fully saturated rings. The van der Waals surface area contributed by atoms with Gasteiger partial charge in [-0.05, 0) is 24.6 Å². The summed E-state index contributed by atoms with van der Waals surface area (Å²) in [6.07, 6.45) is 5.48. The van der Waals surface area contributed by atoms with E-state index in [0.717, 1.165) is 49.2 Å². The predicted octanol–water partition coefficient (Wildman–Crippen LogP) is 1.09. The van der Waals surface area contributed by atoms with Crippen LogP contribution in [0.15, 0.2) is 30.7 Å². The summed E-state index contributed by atoms with van der Waals surface area (Å²) < 4.78 is 0. The Morgan fingerprint density at radius 2 is 1.65 bits per heavy atom. The standard InChI is InChI=1S/C14H18N6/c1-11-9-17-14(18-10-11)20-7-5-19(6-8-20)13-12(15)3-2-4-16-13/h2-4,9-10H,5-8,15H2,1H3. The quantitative estimate of drug-likeness (QED) is 0.880. The summed E-state index contributed by atoms with van der Waals surface area (Å²) in [6.45, 7) is 5.49. The summed E-state index contributed by atoms with van der Waals surface area (Å²) in [5.74, 6) is 1.67. The maximum atomic E-state index is 5.97. The summed E-state index contributed by atoms with van der Waals surface area (Å²) >= 11 is 0. The maximum Gasteiger partial charge on any atom is 0.225 e. The van der Waals surface area contributed by atoms with Crippen molar-refractivity contribution in [2.75, 3.05) is 41.7 Å². The molecule has 0 radical (unpaired) electrons. The summed E-state index contributed by atoms with van der Waals surface area (Å²) in [4.78, 5) is 17.5. The summed E-state index contributed by atoms with van der Waals surface area (Å²) in [7, 11) is 0. The number of rotatable bonds is 2. The fourth-order valence-electron chi connectivity index (χ4n) is 2.34. The highest BCUT2D eigenvalue weighted by Crippen LogP contribution is 2.21. The van der Waals surface area contributed by atoms with Gasteiger partial charge < -0.3 is 15.5 Å². The normalized spacial score (nSPS) is 15.4. The molecule has 6 heteroatoms. The topological polar surface area (TPSA) is 71.2 Å². The van der Waals surface area contributed by atoms with E-state index in [1.807, 2.05) is 31.5 Å². The Hall–Kier alpha value is -2.37. The Morgan fingerprint density at radius 1 is 1.00 bits per heavy atom. The molecule has 2 aromatic rings. The van der Waals surface area contributed by atoms with Crippen LogP contribution in [-0.4, -0.2) is 41.1 Å². The number of nitrogens with two attached hydrogens (primary N) is 1. The third-order valence-corrected chi connectivity index (χ3v) is 3.45. The van der Waals surface area contributed by atoms with Gasteiger partial charge in [0.05, 0.1) is 5.69 Å². The van der Waals surface area contributed by atoms with Crippen LogP contribution in [0.4, 0.5) is 17.5 Å². The highest BCUT2D eigenvalue weighted by atomic mass is 15.3. The molecule has 0 spiro atoms. The zero-order valence-electron chi connectivity index (χ0n) is 11.5. The zero-order chi connectivity index (χ0) is 13.9. The molecule has 0 aromatic carbocycles. The van der Waals surface area contributed by atoms with Crippen molar-refractivity contribution in [1.29, 1.82) is 0 Å². The number of hydrogen-bond acceptors (Lipinski definition) is 6. The van der Waals surface area contributed by atoms with Crippen molar-refractivity contribution >= 4 is 17.5 Å². The van der Waals surface area contributed by atoms with E-state index in [9.17, 15) is 0 Å². The van der Waals surface area contributed by atoms with Crippen LogP contribution in [0.3, 0.4) is 0 Å². The van der Waals surface area contributed by atoms with Crippen LogP contribution in [0.25, 0.3) is 0 Å². The molecule has 0 unspecified atom stereocenters. The van der Waals surface area contributed by atoms with Gasteiger partial charge in [0, 0.05) is 44.8 Å². The van der Waals surface area contributed by atoms with Gasteiger partial charge in [0.1, 0.15) is 0 Å². The number of nitrogens with zero attached hydrogens (tertiary/aromatic N) is 5. The fourth-order valence-corrected chi connectivity index (χ4v) is 2.34. The number of anilines is 3. The van der Waals surface area contributed by atoms with Crippen LogP contribution in [0.5, 0.6) is 0 Å². The molecule has 1 aliphatic heterocycles. The first kappa shape index (κ1) is 12.7. The second-order valence-electron chi connectivity index (χ2n) is 4.95. The van der Waals surface area contributed by atoms with Crippen molar-refractivity contribution in [3.8, 4) is 0 Å². The second kappa shape index (κ2) is 5.32. The molecular weight excluding hydrogens is 252 g/mol. The summed E-state index contributed by atoms with van der Waals surface area (Å²) in [6, 6.07) is 3.74. The minimum atomic E-state index is 0.729. The molecule has 3 rings (SSSR count). The molecule has 2 N–H and O–H groups in total. The van der Waals surface area contributed by atoms with Crippen molar-refractivity contribution in [2.24, 2.45) is 0 Å². The first-order valence-electron chi connectivity index (χ1n) is 6.73. The van der Waals surface area contributed by atoms with E-state index in [4.69, 9.17) is 5.73 Å². The molecule has 20 heavy (non-hydrogen) atoms. The Bertz CT molecular complexity index is 574. The lowest BCUT2D eigenvalue weighted by atomic mass is 10.3. The minimum absolute atomic E-state index is 0.729. The lowest BCUT2D eigenvalue weighted by Crippen LogP contribution is -2.47. The van der Waals surface area contributed by atoms with Crippen molar-refractivity contribution < 1.29 is 0 Å². The first-order chi connectivity index (χ1) is 9.74. The molecule has 3 heterocycles. The predicted molar refractivity (Wildman–Crippen MR) is 79.8 cm³/mol. The van der Waals surface area contributed by atoms with Gasteiger partial charge in [0.2, 0.25) is 5.95 Å². The monoisotopic (exact) mass is 270 g/mol. The van der Waals surface area contributed by atoms with E-state index in [0.29, 0.717) is 0 Å². The van der Waals surface area contributed by atoms with Gasteiger partial charge in [0.15, 0.2) is 5.82 Å². The van der Waals surface area contributed by atoms with Crippen LogP contribution >= 0.6 is 0 Å². The lowest BCUT2D eigenvalue weighted by Gasteiger charge is -2.35. The molecule has 2 aromatic heterocycles. The molecule has 0 atom stereocenters. The first-order valence-corrected chi connectivity index (χ1v) is 6.73. The summed E-state index contributed by atoms with van der Waals surface area (Å²) in [5, 5.41) is 0. The average Bonchev–Trinajstić information content (AvgIpc) is 2.49. The number of nitrogen functional groups attached to an aromatic ring is 1. The van der Waals surface area contributed by atoms with E-state index in [1.165, 1.54) is 0 Å². The molecular formula is C14H18N6. The average molecular weight is 270 g/mol. The van der Waals surface area contributed by atoms with Crippen LogP contribution in [0, 0.1) is 6.92 Å². The number of piperazine rings is 1. The zero-order valence-corrected chi connectivity index (χ0v) is 11.5. The third-order valence-electron chi connectivity index (χ3n) is 3.45. The van der Waals surface area contributed by atoms with Crippen molar-refractivity contribution in [1.82, 2.24) is 15.0 Å². The number of aromatic nitrogens is 3. The Morgan fingerprint density at radius 3 is 2.30 bits per heavy atom. The maximum absolute atomic E-state index is 5.97. The van der Waals surface area contributed by atoms with Gasteiger partial charge in [0.25, 0.3) is 0 Å². The van der Waals surface area contributed by atoms with Crippen LogP contribution in [0.1, 0.15) is 5.56 Å². The van der Waals surface area contributed by atoms with Gasteiger partial charge in [-0.3, -0.25) is 0 Å². The van der Waals surface area contributed by atoms with Crippen LogP contribution < -0.4 is 15.5 Å². The largest absolute Gasteiger partial charge is 0.396 e. The van der Waals surface area contributed by atoms with E-state index in [2.05, 4.69) is 24.8 Å². The fraction of sp³-hybridized carbons (Fsp3) is 0.357. The molecule has 1 saturated heterocycles. The second-order valence-corrected chi connectivity index (χ2v) is 4.95. The van der Waals surface area contributed by atoms with Crippen LogP contribution in [-0.2, 0) is 0 Å². The molecule has 104 valence electrons. The molecule has 0 bridgehead atoms. The molecule has 0 aliphatic carbocycles. The van der Waals surface area contributed by atoms with Crippen molar-refractivity contribution in [3.05, 3.63) is 36.3 Å². The SMILES string of the molecule is Cc1cnc(N2CCN(c3ncccc3N)CC2)nc1. The van der Waals surface area contributed by atoms with Crippen molar-refractivity contribution in [3.63, 3.8) is 0 Å². The minimum Gasteiger partial charge on any atom is -0.396 e. The molecule has 0 saturated carbocycles. The third kappa shape index (κ3) is 2.49. The molecule has 0 amide bonds. The summed E-state index contributed by atoms with van der Waals surface area (Å²) in [5.41, 5.74) is 7.78. The smallest absolute Gasteiger partial charge is 0.225 e. The van der Waals surface area contributed by atoms with E-state index >= 15 is 0 Å². The van der Waals surface area contributed by atoms with Crippen LogP contribution in [0.2, 0.25) is 0 Å². The highest BCUT2D eigenvalue weighted by molar-refractivity contribution is 5.62. The molecule has 6 nitrogen and oxygen atoms in total. The van der Waals surface area contributed by atoms with Gasteiger partial charge in [-0.2, -0.15) is 0 Å². The van der Waals surface area contributed by atoms with Crippen molar-refractivity contribution in [2.45, 2.75) is 6.92 Å². The Kier molecular flexibility index (Phi) is 3.37. The molecule has 1 aliphatic rings. The van der Waals surface area contributed by atoms with Gasteiger partial charge in [-0.25, -0.2) is 15.0 Å². The lowest BCUT2D eigenvalue weighted by molar-refractivity contribution is 0.635. The number of hydrogen-bond donors (Lipinski definition) is 1. The Labute approximate surface area is 118 Å². The van der Waals surface area contributed by atoms with E-state index in [-0.39, 0.29) is 0 Å². The Balaban J connectivity index is 1.68. The van der Waals surface area contributed by atoms with E-state index in [1.54, 1.807) is 6.20 Å². The number of pyridine rings is 1.